The summed E-state index contributed by atoms with van der Waals surface area (Å²) in [4.78, 5) is 0.242. The minimum Gasteiger partial charge on any atom is -0.356 e. The Bertz CT molecular complexity index is 1020. The molecule has 5 nitrogen and oxygen atoms in total. The van der Waals surface area contributed by atoms with Crippen LogP contribution in [-0.4, -0.2) is 13.6 Å². The van der Waals surface area contributed by atoms with Gasteiger partial charge in [0.25, 0.3) is 10.0 Å². The van der Waals surface area contributed by atoms with Crippen LogP contribution in [-0.2, 0) is 10.0 Å². The molecule has 0 radical (unpaired) electrons. The van der Waals surface area contributed by atoms with Crippen LogP contribution in [0.3, 0.4) is 0 Å². The first kappa shape index (κ1) is 17.2. The predicted octanol–water partition coefficient (Wildman–Crippen LogP) is 4.38. The molecule has 1 N–H and O–H groups in total. The Morgan fingerprint density at radius 3 is 2.16 bits per heavy atom. The number of benzene rings is 2. The molecule has 0 spiro atoms. The smallest absolute Gasteiger partial charge is 0.262 e. The minimum absolute atomic E-state index is 0.242. The Morgan fingerprint density at radius 2 is 1.60 bits per heavy atom. The summed E-state index contributed by atoms with van der Waals surface area (Å²) in [5.41, 5.74) is 4.79. The molecule has 0 saturated carbocycles. The molecular formula is C19H20N2O3S. The minimum atomic E-state index is -3.67. The summed E-state index contributed by atoms with van der Waals surface area (Å²) in [7, 11) is -3.67. The number of aromatic nitrogens is 1. The van der Waals surface area contributed by atoms with Gasteiger partial charge in [-0.1, -0.05) is 11.2 Å². The topological polar surface area (TPSA) is 72.2 Å². The number of sulfonamides is 1. The van der Waals surface area contributed by atoms with E-state index in [1.807, 2.05) is 45.0 Å². The van der Waals surface area contributed by atoms with E-state index in [0.29, 0.717) is 17.0 Å². The van der Waals surface area contributed by atoms with Gasteiger partial charge < -0.3 is 4.52 Å². The van der Waals surface area contributed by atoms with Crippen LogP contribution in [0, 0.1) is 27.7 Å². The summed E-state index contributed by atoms with van der Waals surface area (Å²) in [5.74, 6) is 0.617. The maximum atomic E-state index is 12.8. The Kier molecular flexibility index (Phi) is 4.39. The van der Waals surface area contributed by atoms with Gasteiger partial charge in [-0.25, -0.2) is 8.42 Å². The van der Waals surface area contributed by atoms with Gasteiger partial charge in [0.1, 0.15) is 0 Å². The molecule has 25 heavy (non-hydrogen) atoms. The normalized spacial score (nSPS) is 11.5. The van der Waals surface area contributed by atoms with E-state index in [9.17, 15) is 8.42 Å². The molecule has 0 fully saturated rings. The van der Waals surface area contributed by atoms with E-state index in [0.717, 1.165) is 22.4 Å². The van der Waals surface area contributed by atoms with E-state index in [2.05, 4.69) is 9.88 Å². The standard InChI is InChI=1S/C19H20N2O3S/c1-12-7-13(2)9-17(8-12)21-25(22,23)19-6-5-16(10-14(19)3)18-11-15(4)20-24-18/h5-11,21H,1-4H3. The van der Waals surface area contributed by atoms with E-state index in [1.165, 1.54) is 0 Å². The number of aryl methyl sites for hydroxylation is 4. The molecule has 2 aromatic carbocycles. The molecule has 0 saturated heterocycles. The van der Waals surface area contributed by atoms with Gasteiger partial charge in [0, 0.05) is 17.3 Å². The summed E-state index contributed by atoms with van der Waals surface area (Å²) in [6, 6.07) is 12.5. The zero-order valence-electron chi connectivity index (χ0n) is 14.6. The molecule has 0 unspecified atom stereocenters. The van der Waals surface area contributed by atoms with Gasteiger partial charge in [0.05, 0.1) is 10.6 Å². The molecule has 0 amide bonds. The third-order valence-corrected chi connectivity index (χ3v) is 5.39. The average molecular weight is 356 g/mol. The van der Waals surface area contributed by atoms with Gasteiger partial charge in [-0.2, -0.15) is 0 Å². The van der Waals surface area contributed by atoms with Crippen molar-refractivity contribution in [2.75, 3.05) is 4.72 Å². The third-order valence-electron chi connectivity index (χ3n) is 3.85. The summed E-state index contributed by atoms with van der Waals surface area (Å²) in [6.45, 7) is 7.48. The lowest BCUT2D eigenvalue weighted by Gasteiger charge is -2.12. The maximum absolute atomic E-state index is 12.8. The van der Waals surface area contributed by atoms with Crippen molar-refractivity contribution >= 4 is 15.7 Å². The lowest BCUT2D eigenvalue weighted by molar-refractivity contribution is 0.427. The van der Waals surface area contributed by atoms with Crippen molar-refractivity contribution in [3.63, 3.8) is 0 Å². The van der Waals surface area contributed by atoms with Gasteiger partial charge in [-0.3, -0.25) is 4.72 Å². The fourth-order valence-corrected chi connectivity index (χ4v) is 4.12. The van der Waals surface area contributed by atoms with Crippen molar-refractivity contribution in [1.29, 1.82) is 0 Å². The highest BCUT2D eigenvalue weighted by Gasteiger charge is 2.18. The average Bonchev–Trinajstić information content (AvgIpc) is 2.91. The lowest BCUT2D eigenvalue weighted by atomic mass is 10.1. The van der Waals surface area contributed by atoms with Crippen molar-refractivity contribution < 1.29 is 12.9 Å². The van der Waals surface area contributed by atoms with Gasteiger partial charge in [-0.15, -0.1) is 0 Å². The highest BCUT2D eigenvalue weighted by atomic mass is 32.2. The number of rotatable bonds is 4. The third kappa shape index (κ3) is 3.74. The molecule has 1 heterocycles. The summed E-state index contributed by atoms with van der Waals surface area (Å²) in [6.07, 6.45) is 0. The molecule has 0 aliphatic carbocycles. The van der Waals surface area contributed by atoms with Crippen LogP contribution in [0.25, 0.3) is 11.3 Å². The van der Waals surface area contributed by atoms with E-state index < -0.39 is 10.0 Å². The highest BCUT2D eigenvalue weighted by Crippen LogP contribution is 2.27. The van der Waals surface area contributed by atoms with Crippen LogP contribution >= 0.6 is 0 Å². The van der Waals surface area contributed by atoms with Crippen LogP contribution in [0.2, 0.25) is 0 Å². The number of hydrogen-bond acceptors (Lipinski definition) is 4. The Morgan fingerprint density at radius 1 is 0.920 bits per heavy atom. The van der Waals surface area contributed by atoms with E-state index >= 15 is 0 Å². The molecular weight excluding hydrogens is 336 g/mol. The molecule has 3 aromatic rings. The van der Waals surface area contributed by atoms with Crippen LogP contribution in [0.5, 0.6) is 0 Å². The molecule has 0 atom stereocenters. The van der Waals surface area contributed by atoms with Crippen molar-refractivity contribution in [3.8, 4) is 11.3 Å². The second kappa shape index (κ2) is 6.37. The van der Waals surface area contributed by atoms with E-state index in [-0.39, 0.29) is 4.90 Å². The van der Waals surface area contributed by atoms with Crippen LogP contribution in [0.1, 0.15) is 22.4 Å². The van der Waals surface area contributed by atoms with Gasteiger partial charge >= 0.3 is 0 Å². The fourth-order valence-electron chi connectivity index (χ4n) is 2.85. The van der Waals surface area contributed by atoms with Crippen molar-refractivity contribution in [3.05, 3.63) is 64.8 Å². The van der Waals surface area contributed by atoms with Crippen LogP contribution in [0.4, 0.5) is 5.69 Å². The van der Waals surface area contributed by atoms with Crippen molar-refractivity contribution in [2.24, 2.45) is 0 Å². The lowest BCUT2D eigenvalue weighted by Crippen LogP contribution is -2.14. The van der Waals surface area contributed by atoms with Crippen molar-refractivity contribution in [1.82, 2.24) is 5.16 Å². The zero-order chi connectivity index (χ0) is 18.2. The summed E-state index contributed by atoms with van der Waals surface area (Å²) >= 11 is 0. The largest absolute Gasteiger partial charge is 0.356 e. The summed E-state index contributed by atoms with van der Waals surface area (Å²) in [5, 5.41) is 3.86. The second-order valence-corrected chi connectivity index (χ2v) is 7.95. The Hall–Kier alpha value is -2.60. The Balaban J connectivity index is 1.94. The molecule has 6 heteroatoms. The SMILES string of the molecule is Cc1cc(C)cc(NS(=O)(=O)c2ccc(-c3cc(C)no3)cc2C)c1. The van der Waals surface area contributed by atoms with Gasteiger partial charge in [0.2, 0.25) is 0 Å². The first-order valence-electron chi connectivity index (χ1n) is 7.90. The second-order valence-electron chi connectivity index (χ2n) is 6.29. The van der Waals surface area contributed by atoms with E-state index in [4.69, 9.17) is 4.52 Å². The predicted molar refractivity (Wildman–Crippen MR) is 98.1 cm³/mol. The van der Waals surface area contributed by atoms with Crippen LogP contribution in [0.15, 0.2) is 51.9 Å². The van der Waals surface area contributed by atoms with Crippen molar-refractivity contribution in [2.45, 2.75) is 32.6 Å². The molecule has 130 valence electrons. The first-order chi connectivity index (χ1) is 11.7. The Labute approximate surface area is 147 Å². The molecule has 0 bridgehead atoms. The van der Waals surface area contributed by atoms with E-state index in [1.54, 1.807) is 25.1 Å². The number of nitrogens with one attached hydrogen (secondary N) is 1. The fraction of sp³-hybridized carbons (Fsp3) is 0.211. The van der Waals surface area contributed by atoms with Gasteiger partial charge in [-0.05, 0) is 74.7 Å². The highest BCUT2D eigenvalue weighted by molar-refractivity contribution is 7.92. The molecule has 1 aromatic heterocycles. The molecule has 3 rings (SSSR count). The van der Waals surface area contributed by atoms with Gasteiger partial charge in [0.15, 0.2) is 5.76 Å². The molecule has 0 aliphatic rings. The number of hydrogen-bond donors (Lipinski definition) is 1. The maximum Gasteiger partial charge on any atom is 0.262 e. The zero-order valence-corrected chi connectivity index (χ0v) is 15.4. The van der Waals surface area contributed by atoms with Crippen LogP contribution < -0.4 is 4.72 Å². The number of nitrogens with zero attached hydrogens (tertiary/aromatic N) is 1. The monoisotopic (exact) mass is 356 g/mol. The number of anilines is 1. The first-order valence-corrected chi connectivity index (χ1v) is 9.38. The summed E-state index contributed by atoms with van der Waals surface area (Å²) < 4.78 is 33.4. The molecule has 0 aliphatic heterocycles. The quantitative estimate of drug-likeness (QED) is 0.753.